The Labute approximate surface area is 122 Å². The van der Waals surface area contributed by atoms with Gasteiger partial charge in [-0.2, -0.15) is 0 Å². The van der Waals surface area contributed by atoms with E-state index in [4.69, 9.17) is 16.3 Å². The summed E-state index contributed by atoms with van der Waals surface area (Å²) in [5, 5.41) is 24.2. The van der Waals surface area contributed by atoms with Gasteiger partial charge in [-0.3, -0.25) is 10.1 Å². The molecule has 0 radical (unpaired) electrons. The number of hydrogen-bond donors (Lipinski definition) is 2. The number of benzene rings is 1. The number of nitro groups is 1. The largest absolute Gasteiger partial charge is 0.489 e. The number of ether oxygens (including phenoxy) is 1. The minimum atomic E-state index is -1.08. The zero-order chi connectivity index (χ0) is 15.2. The third-order valence-electron chi connectivity index (χ3n) is 2.60. The lowest BCUT2D eigenvalue weighted by Crippen LogP contribution is -2.43. The molecular formula is C13H19ClN2O4. The molecule has 7 heteroatoms. The van der Waals surface area contributed by atoms with Crippen molar-refractivity contribution in [2.24, 2.45) is 0 Å². The Bertz CT molecular complexity index is 466. The monoisotopic (exact) mass is 302 g/mol. The maximum Gasteiger partial charge on any atom is 0.273 e. The van der Waals surface area contributed by atoms with Crippen molar-refractivity contribution in [2.45, 2.75) is 25.9 Å². The minimum Gasteiger partial charge on any atom is -0.489 e. The fourth-order valence-corrected chi connectivity index (χ4v) is 1.71. The number of nitrogens with zero attached hydrogens (tertiary/aromatic N) is 1. The van der Waals surface area contributed by atoms with E-state index >= 15 is 0 Å². The molecule has 0 saturated heterocycles. The van der Waals surface area contributed by atoms with Crippen LogP contribution in [0.15, 0.2) is 18.2 Å². The zero-order valence-electron chi connectivity index (χ0n) is 11.6. The highest BCUT2D eigenvalue weighted by molar-refractivity contribution is 6.32. The molecule has 6 nitrogen and oxygen atoms in total. The van der Waals surface area contributed by atoms with E-state index in [2.05, 4.69) is 5.32 Å². The molecule has 0 spiro atoms. The summed E-state index contributed by atoms with van der Waals surface area (Å²) in [5.74, 6) is 0.191. The molecule has 1 aromatic carbocycles. The summed E-state index contributed by atoms with van der Waals surface area (Å²) >= 11 is 5.91. The van der Waals surface area contributed by atoms with E-state index in [1.54, 1.807) is 6.92 Å². The lowest BCUT2D eigenvalue weighted by molar-refractivity contribution is -0.384. The third kappa shape index (κ3) is 5.32. The van der Waals surface area contributed by atoms with E-state index in [1.165, 1.54) is 18.2 Å². The normalized spacial score (nSPS) is 13.8. The van der Waals surface area contributed by atoms with Gasteiger partial charge in [0, 0.05) is 12.6 Å². The number of aliphatic hydroxyl groups is 1. The van der Waals surface area contributed by atoms with Gasteiger partial charge in [0.15, 0.2) is 0 Å². The molecule has 0 fully saturated rings. The Morgan fingerprint density at radius 3 is 2.85 bits per heavy atom. The van der Waals surface area contributed by atoms with Gasteiger partial charge in [-0.15, -0.1) is 0 Å². The number of nitro benzene ring substituents is 1. The Kier molecular flexibility index (Phi) is 6.19. The molecule has 0 bridgehead atoms. The molecule has 0 heterocycles. The number of non-ortho nitro benzene ring substituents is 1. The maximum absolute atomic E-state index is 10.7. The first kappa shape index (κ1) is 16.7. The highest BCUT2D eigenvalue weighted by Gasteiger charge is 2.22. The molecule has 1 unspecified atom stereocenters. The van der Waals surface area contributed by atoms with Crippen LogP contribution in [0.2, 0.25) is 5.02 Å². The molecule has 0 aromatic heterocycles. The van der Waals surface area contributed by atoms with Crippen molar-refractivity contribution in [1.29, 1.82) is 0 Å². The van der Waals surface area contributed by atoms with E-state index < -0.39 is 10.5 Å². The van der Waals surface area contributed by atoms with Crippen LogP contribution in [0.3, 0.4) is 0 Å². The van der Waals surface area contributed by atoms with Crippen LogP contribution in [0.5, 0.6) is 5.75 Å². The predicted molar refractivity (Wildman–Crippen MR) is 77.4 cm³/mol. The van der Waals surface area contributed by atoms with E-state index in [0.717, 1.165) is 13.0 Å². The fourth-order valence-electron chi connectivity index (χ4n) is 1.53. The number of rotatable bonds is 8. The highest BCUT2D eigenvalue weighted by Crippen LogP contribution is 2.29. The topological polar surface area (TPSA) is 84.6 Å². The molecule has 0 amide bonds. The van der Waals surface area contributed by atoms with Gasteiger partial charge in [0.05, 0.1) is 16.0 Å². The number of hydrogen-bond acceptors (Lipinski definition) is 5. The van der Waals surface area contributed by atoms with Crippen LogP contribution in [0.25, 0.3) is 0 Å². The minimum absolute atomic E-state index is 0.00932. The highest BCUT2D eigenvalue weighted by atomic mass is 35.5. The Morgan fingerprint density at radius 2 is 2.25 bits per heavy atom. The van der Waals surface area contributed by atoms with Crippen molar-refractivity contribution >= 4 is 17.3 Å². The quantitative estimate of drug-likeness (QED) is 0.437. The van der Waals surface area contributed by atoms with E-state index in [-0.39, 0.29) is 23.1 Å². The van der Waals surface area contributed by atoms with Crippen molar-refractivity contribution in [1.82, 2.24) is 5.32 Å². The van der Waals surface area contributed by atoms with Crippen LogP contribution < -0.4 is 10.1 Å². The molecular weight excluding hydrogens is 284 g/mol. The molecule has 0 saturated carbocycles. The van der Waals surface area contributed by atoms with E-state index in [0.29, 0.717) is 6.54 Å². The lowest BCUT2D eigenvalue weighted by Gasteiger charge is -2.24. The van der Waals surface area contributed by atoms with Crippen LogP contribution in [-0.4, -0.2) is 35.3 Å². The Hall–Kier alpha value is -1.37. The van der Waals surface area contributed by atoms with Crippen molar-refractivity contribution < 1.29 is 14.8 Å². The number of nitrogens with one attached hydrogen (secondary N) is 1. The van der Waals surface area contributed by atoms with Gasteiger partial charge in [-0.25, -0.2) is 0 Å². The average Bonchev–Trinajstić information content (AvgIpc) is 2.37. The van der Waals surface area contributed by atoms with Crippen molar-refractivity contribution in [2.75, 3.05) is 19.7 Å². The number of halogens is 1. The molecule has 0 aliphatic rings. The van der Waals surface area contributed by atoms with Crippen LogP contribution in [0, 0.1) is 10.1 Å². The first-order chi connectivity index (χ1) is 9.35. The lowest BCUT2D eigenvalue weighted by atomic mass is 10.1. The molecule has 20 heavy (non-hydrogen) atoms. The maximum atomic E-state index is 10.7. The summed E-state index contributed by atoms with van der Waals surface area (Å²) in [7, 11) is 0. The van der Waals surface area contributed by atoms with Gasteiger partial charge in [-0.1, -0.05) is 18.5 Å². The standard InChI is InChI=1S/C13H19ClN2O4/c1-3-6-15-8-13(2,17)9-20-12-7-10(16(18)19)4-5-11(12)14/h4-5,7,15,17H,3,6,8-9H2,1-2H3. The molecule has 1 aromatic rings. The predicted octanol–water partition coefficient (Wildman–Crippen LogP) is 2.38. The van der Waals surface area contributed by atoms with Crippen molar-refractivity contribution in [3.63, 3.8) is 0 Å². The third-order valence-corrected chi connectivity index (χ3v) is 2.91. The van der Waals surface area contributed by atoms with E-state index in [1.807, 2.05) is 6.92 Å². The van der Waals surface area contributed by atoms with Gasteiger partial charge >= 0.3 is 0 Å². The summed E-state index contributed by atoms with van der Waals surface area (Å²) in [6.07, 6.45) is 0.966. The molecule has 1 rings (SSSR count). The first-order valence-electron chi connectivity index (χ1n) is 6.35. The second-order valence-corrected chi connectivity index (χ2v) is 5.24. The average molecular weight is 303 g/mol. The summed E-state index contributed by atoms with van der Waals surface area (Å²) in [5.41, 5.74) is -1.18. The van der Waals surface area contributed by atoms with Gasteiger partial charge < -0.3 is 15.2 Å². The second kappa shape index (κ2) is 7.42. The Balaban J connectivity index is 2.64. The zero-order valence-corrected chi connectivity index (χ0v) is 12.3. The van der Waals surface area contributed by atoms with Gasteiger partial charge in [0.2, 0.25) is 0 Å². The summed E-state index contributed by atoms with van der Waals surface area (Å²) in [6, 6.07) is 3.95. The Morgan fingerprint density at radius 1 is 1.55 bits per heavy atom. The molecule has 0 aliphatic heterocycles. The van der Waals surface area contributed by atoms with E-state index in [9.17, 15) is 15.2 Å². The molecule has 0 aliphatic carbocycles. The second-order valence-electron chi connectivity index (χ2n) is 4.83. The van der Waals surface area contributed by atoms with Crippen LogP contribution >= 0.6 is 11.6 Å². The molecule has 1 atom stereocenters. The van der Waals surface area contributed by atoms with Crippen molar-refractivity contribution in [3.8, 4) is 5.75 Å². The summed E-state index contributed by atoms with van der Waals surface area (Å²) < 4.78 is 5.40. The molecule has 2 N–H and O–H groups in total. The van der Waals surface area contributed by atoms with Gasteiger partial charge in [0.1, 0.15) is 18.0 Å². The van der Waals surface area contributed by atoms with Crippen LogP contribution in [0.1, 0.15) is 20.3 Å². The smallest absolute Gasteiger partial charge is 0.273 e. The first-order valence-corrected chi connectivity index (χ1v) is 6.73. The van der Waals surface area contributed by atoms with Gasteiger partial charge in [-0.05, 0) is 26.0 Å². The fraction of sp³-hybridized carbons (Fsp3) is 0.538. The van der Waals surface area contributed by atoms with Crippen LogP contribution in [0.4, 0.5) is 5.69 Å². The van der Waals surface area contributed by atoms with Crippen molar-refractivity contribution in [3.05, 3.63) is 33.3 Å². The van der Waals surface area contributed by atoms with Gasteiger partial charge in [0.25, 0.3) is 5.69 Å². The molecule has 112 valence electrons. The summed E-state index contributed by atoms with van der Waals surface area (Å²) in [6.45, 7) is 4.81. The summed E-state index contributed by atoms with van der Waals surface area (Å²) in [4.78, 5) is 10.2. The van der Waals surface area contributed by atoms with Crippen LogP contribution in [-0.2, 0) is 0 Å². The SMILES string of the molecule is CCCNCC(C)(O)COc1cc([N+](=O)[O-])ccc1Cl.